The Balaban J connectivity index is 1.86. The van der Waals surface area contributed by atoms with E-state index in [2.05, 4.69) is 12.2 Å². The summed E-state index contributed by atoms with van der Waals surface area (Å²) in [5.41, 5.74) is 0. The van der Waals surface area contributed by atoms with Crippen molar-refractivity contribution in [1.82, 2.24) is 5.32 Å². The molecule has 1 aliphatic heterocycles. The SMILES string of the molecule is CCC/C=C/C(O)C(COC1OC(CO)C(O)C(O)C1O)NC(=O)CCCCCCCCCCCCCCCCCCCCCCCCCCCCCCCCCCCCCCCCC. The molecule has 0 bridgehead atoms. The van der Waals surface area contributed by atoms with E-state index in [-0.39, 0.29) is 12.5 Å². The highest BCUT2D eigenvalue weighted by Gasteiger charge is 2.44. The molecule has 1 rings (SSSR count). The van der Waals surface area contributed by atoms with E-state index in [1.54, 1.807) is 6.08 Å². The van der Waals surface area contributed by atoms with E-state index in [0.717, 1.165) is 32.1 Å². The lowest BCUT2D eigenvalue weighted by atomic mass is 9.99. The van der Waals surface area contributed by atoms with Gasteiger partial charge < -0.3 is 40.3 Å². The zero-order chi connectivity index (χ0) is 47.3. The van der Waals surface area contributed by atoms with E-state index >= 15 is 0 Å². The number of amides is 1. The van der Waals surface area contributed by atoms with Gasteiger partial charge in [-0.2, -0.15) is 0 Å². The molecule has 1 saturated heterocycles. The van der Waals surface area contributed by atoms with Crippen LogP contribution in [0.25, 0.3) is 0 Å². The Morgan fingerprint density at radius 1 is 0.508 bits per heavy atom. The first kappa shape index (κ1) is 61.9. The van der Waals surface area contributed by atoms with Crippen LogP contribution in [0, 0.1) is 0 Å². The summed E-state index contributed by atoms with van der Waals surface area (Å²) >= 11 is 0. The largest absolute Gasteiger partial charge is 0.394 e. The van der Waals surface area contributed by atoms with Crippen LogP contribution in [0.5, 0.6) is 0 Å². The maximum absolute atomic E-state index is 12.8. The van der Waals surface area contributed by atoms with Crippen LogP contribution < -0.4 is 5.32 Å². The number of rotatable bonds is 49. The van der Waals surface area contributed by atoms with Gasteiger partial charge in [0.25, 0.3) is 0 Å². The summed E-state index contributed by atoms with van der Waals surface area (Å²) in [7, 11) is 0. The molecule has 0 aromatic rings. The second-order valence-electron chi connectivity index (χ2n) is 20.1. The number of aliphatic hydroxyl groups is 5. The zero-order valence-corrected chi connectivity index (χ0v) is 42.8. The number of allylic oxidation sites excluding steroid dienone is 1. The topological polar surface area (TPSA) is 149 Å². The lowest BCUT2D eigenvalue weighted by Crippen LogP contribution is -2.60. The predicted octanol–water partition coefficient (Wildman–Crippen LogP) is 13.6. The Morgan fingerprint density at radius 2 is 0.846 bits per heavy atom. The summed E-state index contributed by atoms with van der Waals surface area (Å²) in [6.07, 6.45) is 51.5. The summed E-state index contributed by atoms with van der Waals surface area (Å²) in [4.78, 5) is 12.8. The van der Waals surface area contributed by atoms with Gasteiger partial charge in [0.1, 0.15) is 24.4 Å². The molecule has 1 heterocycles. The number of hydrogen-bond donors (Lipinski definition) is 6. The van der Waals surface area contributed by atoms with Gasteiger partial charge in [-0.15, -0.1) is 0 Å². The minimum atomic E-state index is -1.56. The van der Waals surface area contributed by atoms with E-state index < -0.39 is 49.5 Å². The molecule has 0 aromatic heterocycles. The lowest BCUT2D eigenvalue weighted by molar-refractivity contribution is -0.302. The van der Waals surface area contributed by atoms with Crippen molar-refractivity contribution in [2.75, 3.05) is 13.2 Å². The molecule has 9 heteroatoms. The Bertz CT molecular complexity index is 1030. The summed E-state index contributed by atoms with van der Waals surface area (Å²) in [6.45, 7) is 3.58. The van der Waals surface area contributed by atoms with Crippen molar-refractivity contribution in [3.05, 3.63) is 12.2 Å². The average molecular weight is 924 g/mol. The summed E-state index contributed by atoms with van der Waals surface area (Å²) in [5, 5.41) is 53.5. The molecule has 0 saturated carbocycles. The van der Waals surface area contributed by atoms with Crippen LogP contribution in [0.4, 0.5) is 0 Å². The maximum atomic E-state index is 12.8. The van der Waals surface area contributed by atoms with Gasteiger partial charge >= 0.3 is 0 Å². The van der Waals surface area contributed by atoms with Crippen molar-refractivity contribution in [1.29, 1.82) is 0 Å². The second-order valence-corrected chi connectivity index (χ2v) is 20.1. The fraction of sp³-hybridized carbons (Fsp3) is 0.946. The molecule has 1 fully saturated rings. The quantitative estimate of drug-likeness (QED) is 0.0261. The molecule has 0 spiro atoms. The number of hydrogen-bond acceptors (Lipinski definition) is 8. The molecule has 1 amide bonds. The van der Waals surface area contributed by atoms with Crippen LogP contribution in [0.3, 0.4) is 0 Å². The number of carbonyl (C=O) groups excluding carboxylic acids is 1. The number of ether oxygens (including phenoxy) is 2. The standard InChI is InChI=1S/C56H109NO8/c1-3-5-7-8-9-10-11-12-13-14-15-16-17-18-19-20-21-22-23-24-25-26-27-28-29-30-31-32-33-34-35-36-37-38-39-40-41-42-44-46-52(60)57-49(50(59)45-43-6-4-2)48-64-56-55(63)54(62)53(61)51(47-58)65-56/h43,45,49-51,53-56,58-59,61-63H,3-42,44,46-48H2,1-2H3,(H,57,60)/b45-43+. The van der Waals surface area contributed by atoms with Crippen molar-refractivity contribution < 1.29 is 39.8 Å². The Kier molecular flexibility index (Phi) is 44.5. The number of aliphatic hydroxyl groups excluding tert-OH is 5. The van der Waals surface area contributed by atoms with Crippen LogP contribution in [0.1, 0.15) is 284 Å². The predicted molar refractivity (Wildman–Crippen MR) is 272 cm³/mol. The van der Waals surface area contributed by atoms with Gasteiger partial charge in [-0.1, -0.05) is 276 Å². The van der Waals surface area contributed by atoms with Crippen LogP contribution in [0.15, 0.2) is 12.2 Å². The van der Waals surface area contributed by atoms with Gasteiger partial charge in [-0.05, 0) is 12.8 Å². The molecule has 0 radical (unpaired) electrons. The molecular formula is C56H109NO8. The van der Waals surface area contributed by atoms with E-state index in [4.69, 9.17) is 9.47 Å². The number of carbonyl (C=O) groups is 1. The molecule has 386 valence electrons. The number of nitrogens with one attached hydrogen (secondary N) is 1. The summed E-state index contributed by atoms with van der Waals surface area (Å²) in [6, 6.07) is -0.796. The van der Waals surface area contributed by atoms with E-state index in [9.17, 15) is 30.3 Å². The molecule has 9 nitrogen and oxygen atoms in total. The second kappa shape index (κ2) is 46.6. The third-order valence-corrected chi connectivity index (χ3v) is 13.8. The Morgan fingerprint density at radius 3 is 1.17 bits per heavy atom. The third-order valence-electron chi connectivity index (χ3n) is 13.8. The first-order valence-electron chi connectivity index (χ1n) is 28.4. The maximum Gasteiger partial charge on any atom is 0.220 e. The van der Waals surface area contributed by atoms with Crippen LogP contribution in [-0.2, 0) is 14.3 Å². The monoisotopic (exact) mass is 924 g/mol. The fourth-order valence-corrected chi connectivity index (χ4v) is 9.34. The molecule has 6 N–H and O–H groups in total. The van der Waals surface area contributed by atoms with Crippen molar-refractivity contribution in [3.63, 3.8) is 0 Å². The van der Waals surface area contributed by atoms with Gasteiger partial charge in [0, 0.05) is 6.42 Å². The van der Waals surface area contributed by atoms with Crippen molar-refractivity contribution in [2.45, 2.75) is 326 Å². The number of unbranched alkanes of at least 4 members (excludes halogenated alkanes) is 39. The molecule has 65 heavy (non-hydrogen) atoms. The van der Waals surface area contributed by atoms with Gasteiger partial charge in [0.2, 0.25) is 5.91 Å². The third kappa shape index (κ3) is 36.6. The highest BCUT2D eigenvalue weighted by atomic mass is 16.7. The minimum Gasteiger partial charge on any atom is -0.394 e. The highest BCUT2D eigenvalue weighted by Crippen LogP contribution is 2.23. The molecular weight excluding hydrogens is 815 g/mol. The molecule has 7 unspecified atom stereocenters. The normalized spacial score (nSPS) is 19.9. The first-order chi connectivity index (χ1) is 31.8. The van der Waals surface area contributed by atoms with Gasteiger partial charge in [-0.3, -0.25) is 4.79 Å². The lowest BCUT2D eigenvalue weighted by Gasteiger charge is -2.40. The Labute approximate surface area is 401 Å². The molecule has 1 aliphatic rings. The Hall–Kier alpha value is -1.07. The van der Waals surface area contributed by atoms with Crippen LogP contribution in [-0.4, -0.2) is 87.5 Å². The van der Waals surface area contributed by atoms with Crippen molar-refractivity contribution in [3.8, 4) is 0 Å². The zero-order valence-electron chi connectivity index (χ0n) is 42.8. The van der Waals surface area contributed by atoms with Gasteiger partial charge in [0.05, 0.1) is 25.4 Å². The molecule has 0 aromatic carbocycles. The highest BCUT2D eigenvalue weighted by molar-refractivity contribution is 5.76. The fourth-order valence-electron chi connectivity index (χ4n) is 9.34. The average Bonchev–Trinajstić information content (AvgIpc) is 3.30. The molecule has 0 aliphatic carbocycles. The van der Waals surface area contributed by atoms with E-state index in [1.165, 1.54) is 231 Å². The van der Waals surface area contributed by atoms with Gasteiger partial charge in [-0.25, -0.2) is 0 Å². The first-order valence-corrected chi connectivity index (χ1v) is 28.4. The summed E-state index contributed by atoms with van der Waals surface area (Å²) < 4.78 is 11.1. The van der Waals surface area contributed by atoms with Crippen molar-refractivity contribution >= 4 is 5.91 Å². The van der Waals surface area contributed by atoms with Crippen LogP contribution >= 0.6 is 0 Å². The van der Waals surface area contributed by atoms with Crippen molar-refractivity contribution in [2.24, 2.45) is 0 Å². The van der Waals surface area contributed by atoms with Gasteiger partial charge in [0.15, 0.2) is 6.29 Å². The van der Waals surface area contributed by atoms with E-state index in [1.807, 2.05) is 13.0 Å². The smallest absolute Gasteiger partial charge is 0.220 e. The minimum absolute atomic E-state index is 0.183. The van der Waals surface area contributed by atoms with E-state index in [0.29, 0.717) is 6.42 Å². The molecule has 7 atom stereocenters. The van der Waals surface area contributed by atoms with Crippen LogP contribution in [0.2, 0.25) is 0 Å². The summed E-state index contributed by atoms with van der Waals surface area (Å²) in [5.74, 6) is -0.183.